The van der Waals surface area contributed by atoms with Crippen molar-refractivity contribution in [2.24, 2.45) is 0 Å². The Balaban J connectivity index is 1.81. The molecule has 3 aromatic rings. The van der Waals surface area contributed by atoms with Gasteiger partial charge in [0.25, 0.3) is 0 Å². The van der Waals surface area contributed by atoms with Crippen molar-refractivity contribution < 1.29 is 13.2 Å². The number of halogens is 4. The SMILES string of the molecule is C/C(=C\n1c2c(c3cc(Cl)ccc31)CN(C)CC2)c1ccc(C(F)(F)F)nc1. The van der Waals surface area contributed by atoms with Crippen LogP contribution in [-0.2, 0) is 19.1 Å². The van der Waals surface area contributed by atoms with E-state index in [1.807, 2.05) is 31.3 Å². The number of aromatic nitrogens is 2. The molecule has 0 N–H and O–H groups in total. The lowest BCUT2D eigenvalue weighted by atomic mass is 10.1. The minimum absolute atomic E-state index is 0.658. The lowest BCUT2D eigenvalue weighted by Crippen LogP contribution is -2.26. The fourth-order valence-electron chi connectivity index (χ4n) is 3.71. The Labute approximate surface area is 166 Å². The van der Waals surface area contributed by atoms with Gasteiger partial charge in [0.1, 0.15) is 5.69 Å². The van der Waals surface area contributed by atoms with Crippen LogP contribution in [0.2, 0.25) is 5.02 Å². The van der Waals surface area contributed by atoms with E-state index < -0.39 is 11.9 Å². The van der Waals surface area contributed by atoms with Crippen molar-refractivity contribution in [3.05, 3.63) is 64.1 Å². The highest BCUT2D eigenvalue weighted by Gasteiger charge is 2.32. The van der Waals surface area contributed by atoms with Gasteiger partial charge in [-0.2, -0.15) is 13.2 Å². The first-order chi connectivity index (χ1) is 13.2. The zero-order valence-electron chi connectivity index (χ0n) is 15.5. The van der Waals surface area contributed by atoms with Crippen molar-refractivity contribution in [3.8, 4) is 0 Å². The van der Waals surface area contributed by atoms with Crippen LogP contribution in [0.25, 0.3) is 22.7 Å². The molecule has 1 aliphatic rings. The van der Waals surface area contributed by atoms with Gasteiger partial charge < -0.3 is 9.47 Å². The second-order valence-corrected chi connectivity index (χ2v) is 7.62. The summed E-state index contributed by atoms with van der Waals surface area (Å²) in [6, 6.07) is 8.31. The predicted molar refractivity (Wildman–Crippen MR) is 106 cm³/mol. The van der Waals surface area contributed by atoms with Crippen molar-refractivity contribution in [3.63, 3.8) is 0 Å². The molecule has 0 spiro atoms. The molecular weight excluding hydrogens is 387 g/mol. The number of fused-ring (bicyclic) bond motifs is 3. The third-order valence-corrected chi connectivity index (χ3v) is 5.41. The topological polar surface area (TPSA) is 21.1 Å². The van der Waals surface area contributed by atoms with E-state index in [9.17, 15) is 13.2 Å². The van der Waals surface area contributed by atoms with Gasteiger partial charge in [0.05, 0.1) is 5.52 Å². The summed E-state index contributed by atoms with van der Waals surface area (Å²) in [5, 5.41) is 1.80. The van der Waals surface area contributed by atoms with Gasteiger partial charge in [-0.25, -0.2) is 0 Å². The van der Waals surface area contributed by atoms with E-state index in [0.29, 0.717) is 10.6 Å². The van der Waals surface area contributed by atoms with Gasteiger partial charge in [-0.15, -0.1) is 0 Å². The summed E-state index contributed by atoms with van der Waals surface area (Å²) < 4.78 is 40.4. The molecule has 7 heteroatoms. The number of rotatable bonds is 2. The Morgan fingerprint density at radius 1 is 1.21 bits per heavy atom. The van der Waals surface area contributed by atoms with Crippen molar-refractivity contribution in [2.45, 2.75) is 26.1 Å². The van der Waals surface area contributed by atoms with Crippen LogP contribution in [-0.4, -0.2) is 28.0 Å². The van der Waals surface area contributed by atoms with Crippen LogP contribution in [0.5, 0.6) is 0 Å². The Kier molecular flexibility index (Phi) is 4.71. The minimum atomic E-state index is -4.43. The molecule has 0 atom stereocenters. The van der Waals surface area contributed by atoms with Crippen LogP contribution >= 0.6 is 11.6 Å². The second-order valence-electron chi connectivity index (χ2n) is 7.19. The van der Waals surface area contributed by atoms with Crippen molar-refractivity contribution >= 4 is 34.3 Å². The van der Waals surface area contributed by atoms with Crippen molar-refractivity contribution in [1.82, 2.24) is 14.5 Å². The molecule has 3 heterocycles. The van der Waals surface area contributed by atoms with E-state index >= 15 is 0 Å². The zero-order chi connectivity index (χ0) is 20.1. The maximum absolute atomic E-state index is 12.8. The molecule has 4 rings (SSSR count). The quantitative estimate of drug-likeness (QED) is 0.544. The van der Waals surface area contributed by atoms with E-state index in [-0.39, 0.29) is 0 Å². The van der Waals surface area contributed by atoms with Crippen molar-refractivity contribution in [1.29, 1.82) is 0 Å². The van der Waals surface area contributed by atoms with E-state index in [1.54, 1.807) is 0 Å². The Morgan fingerprint density at radius 2 is 2.00 bits per heavy atom. The van der Waals surface area contributed by atoms with Gasteiger partial charge in [0.2, 0.25) is 0 Å². The Bertz CT molecular complexity index is 1070. The smallest absolute Gasteiger partial charge is 0.320 e. The first-order valence-corrected chi connectivity index (χ1v) is 9.33. The maximum Gasteiger partial charge on any atom is 0.433 e. The lowest BCUT2D eigenvalue weighted by Gasteiger charge is -2.23. The number of likely N-dealkylation sites (N-methyl/N-ethyl adjacent to an activating group) is 1. The van der Waals surface area contributed by atoms with Crippen LogP contribution in [0, 0.1) is 0 Å². The molecule has 0 saturated heterocycles. The summed E-state index contributed by atoms with van der Waals surface area (Å²) in [5.74, 6) is 0. The van der Waals surface area contributed by atoms with Crippen LogP contribution < -0.4 is 0 Å². The molecular formula is C21H19ClF3N3. The van der Waals surface area contributed by atoms with E-state index in [2.05, 4.69) is 21.5 Å². The summed E-state index contributed by atoms with van der Waals surface area (Å²) in [4.78, 5) is 5.84. The second kappa shape index (κ2) is 6.94. The molecule has 1 aromatic carbocycles. The fourth-order valence-corrected chi connectivity index (χ4v) is 3.88. The lowest BCUT2D eigenvalue weighted by molar-refractivity contribution is -0.141. The van der Waals surface area contributed by atoms with Crippen LogP contribution in [0.1, 0.15) is 29.4 Å². The molecule has 0 radical (unpaired) electrons. The summed E-state index contributed by atoms with van der Waals surface area (Å²) in [5.41, 5.74) is 4.13. The first kappa shape index (κ1) is 19.0. The highest BCUT2D eigenvalue weighted by atomic mass is 35.5. The molecule has 0 bridgehead atoms. The van der Waals surface area contributed by atoms with Gasteiger partial charge >= 0.3 is 6.18 Å². The van der Waals surface area contributed by atoms with Crippen LogP contribution in [0.4, 0.5) is 13.2 Å². The van der Waals surface area contributed by atoms with Gasteiger partial charge in [-0.1, -0.05) is 17.7 Å². The summed E-state index contributed by atoms with van der Waals surface area (Å²) in [6.45, 7) is 3.67. The average Bonchev–Trinajstić information content (AvgIpc) is 2.93. The number of nitrogens with zero attached hydrogens (tertiary/aromatic N) is 3. The number of benzene rings is 1. The third kappa shape index (κ3) is 3.42. The fraction of sp³-hybridized carbons (Fsp3) is 0.286. The minimum Gasteiger partial charge on any atom is -0.320 e. The molecule has 1 aliphatic heterocycles. The largest absolute Gasteiger partial charge is 0.433 e. The first-order valence-electron chi connectivity index (χ1n) is 8.96. The molecule has 0 aliphatic carbocycles. The molecule has 28 heavy (non-hydrogen) atoms. The number of alkyl halides is 3. The van der Waals surface area contributed by atoms with Gasteiger partial charge in [-0.3, -0.25) is 4.98 Å². The van der Waals surface area contributed by atoms with Gasteiger partial charge in [0, 0.05) is 48.0 Å². The normalized spacial score (nSPS) is 15.9. The monoisotopic (exact) mass is 405 g/mol. The number of pyridine rings is 1. The van der Waals surface area contributed by atoms with Gasteiger partial charge in [0.15, 0.2) is 0 Å². The highest BCUT2D eigenvalue weighted by molar-refractivity contribution is 6.31. The number of hydrogen-bond donors (Lipinski definition) is 0. The average molecular weight is 406 g/mol. The number of hydrogen-bond acceptors (Lipinski definition) is 2. The van der Waals surface area contributed by atoms with E-state index in [0.717, 1.165) is 42.1 Å². The predicted octanol–water partition coefficient (Wildman–Crippen LogP) is 5.71. The summed E-state index contributed by atoms with van der Waals surface area (Å²) >= 11 is 6.22. The van der Waals surface area contributed by atoms with Crippen molar-refractivity contribution in [2.75, 3.05) is 13.6 Å². The third-order valence-electron chi connectivity index (χ3n) is 5.17. The molecule has 0 fully saturated rings. The summed E-state index contributed by atoms with van der Waals surface area (Å²) in [7, 11) is 2.09. The van der Waals surface area contributed by atoms with E-state index in [4.69, 9.17) is 11.6 Å². The molecule has 0 unspecified atom stereocenters. The molecule has 2 aromatic heterocycles. The molecule has 0 amide bonds. The highest BCUT2D eigenvalue weighted by Crippen LogP contribution is 2.34. The van der Waals surface area contributed by atoms with Crippen LogP contribution in [0.15, 0.2) is 36.5 Å². The maximum atomic E-state index is 12.8. The summed E-state index contributed by atoms with van der Waals surface area (Å²) in [6.07, 6.45) is -0.285. The molecule has 146 valence electrons. The zero-order valence-corrected chi connectivity index (χ0v) is 16.3. The standard InChI is InChI=1S/C21H19ClF3N3/c1-13(14-3-6-20(26-10-14)21(23,24)25)11-28-18-5-4-15(22)9-16(18)17-12-27(2)8-7-19(17)28/h3-6,9-11H,7-8,12H2,1-2H3/b13-11+. The van der Waals surface area contributed by atoms with E-state index in [1.165, 1.54) is 23.5 Å². The van der Waals surface area contributed by atoms with Gasteiger partial charge in [-0.05, 0) is 54.9 Å². The Morgan fingerprint density at radius 3 is 2.68 bits per heavy atom. The molecule has 0 saturated carbocycles. The Hall–Kier alpha value is -2.31. The van der Waals surface area contributed by atoms with Crippen LogP contribution in [0.3, 0.4) is 0 Å². The molecule has 3 nitrogen and oxygen atoms in total. The number of allylic oxidation sites excluding steroid dienone is 1.